The van der Waals surface area contributed by atoms with E-state index in [9.17, 15) is 9.59 Å². The van der Waals surface area contributed by atoms with Gasteiger partial charge in [-0.2, -0.15) is 0 Å². The van der Waals surface area contributed by atoms with Crippen LogP contribution in [0, 0.1) is 6.92 Å². The summed E-state index contributed by atoms with van der Waals surface area (Å²) in [6.07, 6.45) is 0.447. The van der Waals surface area contributed by atoms with Gasteiger partial charge in [0.25, 0.3) is 0 Å². The van der Waals surface area contributed by atoms with Crippen LogP contribution in [0.15, 0.2) is 48.5 Å². The minimum absolute atomic E-state index is 0.00295. The molecule has 4 nitrogen and oxygen atoms in total. The first-order valence-corrected chi connectivity index (χ1v) is 8.53. The zero-order valence-electron chi connectivity index (χ0n) is 15.2. The Morgan fingerprint density at radius 2 is 1.48 bits per heavy atom. The molecule has 0 radical (unpaired) electrons. The second-order valence-corrected chi connectivity index (χ2v) is 6.62. The number of Topliss-reactive ketones (excluding diaryl/α,β-unsaturated/α-hetero) is 1. The summed E-state index contributed by atoms with van der Waals surface area (Å²) in [7, 11) is 4.07. The molecule has 0 unspecified atom stereocenters. The lowest BCUT2D eigenvalue weighted by Gasteiger charge is -2.10. The number of hydrogen-bond donors (Lipinski definition) is 1. The standard InChI is InChI=1S/C21H26N2O2/c1-16-4-10-19(11-5-16)20(24)12-13-21(25)22-14-17-6-8-18(9-7-17)15-23(2)3/h4-11H,12-15H2,1-3H3,(H,22,25). The molecular weight excluding hydrogens is 312 g/mol. The van der Waals surface area contributed by atoms with E-state index >= 15 is 0 Å². The molecule has 4 heteroatoms. The third-order valence-electron chi connectivity index (χ3n) is 3.96. The molecule has 0 saturated carbocycles. The maximum Gasteiger partial charge on any atom is 0.220 e. The van der Waals surface area contributed by atoms with E-state index in [0.29, 0.717) is 12.1 Å². The molecule has 0 saturated heterocycles. The minimum atomic E-state index is -0.0992. The maximum atomic E-state index is 12.1. The maximum absolute atomic E-state index is 12.1. The van der Waals surface area contributed by atoms with Crippen LogP contribution < -0.4 is 5.32 Å². The Morgan fingerprint density at radius 3 is 2.08 bits per heavy atom. The number of nitrogens with zero attached hydrogens (tertiary/aromatic N) is 1. The first-order valence-electron chi connectivity index (χ1n) is 8.53. The van der Waals surface area contributed by atoms with E-state index in [-0.39, 0.29) is 24.5 Å². The van der Waals surface area contributed by atoms with Gasteiger partial charge < -0.3 is 10.2 Å². The van der Waals surface area contributed by atoms with Gasteiger partial charge in [0.1, 0.15) is 0 Å². The van der Waals surface area contributed by atoms with Crippen molar-refractivity contribution in [3.63, 3.8) is 0 Å². The molecule has 0 heterocycles. The summed E-state index contributed by atoms with van der Waals surface area (Å²) in [5.41, 5.74) is 4.07. The van der Waals surface area contributed by atoms with Crippen LogP contribution >= 0.6 is 0 Å². The quantitative estimate of drug-likeness (QED) is 0.751. The molecule has 0 atom stereocenters. The van der Waals surface area contributed by atoms with Gasteiger partial charge in [0.2, 0.25) is 5.91 Å². The molecule has 2 aromatic rings. The Bertz CT molecular complexity index is 704. The fourth-order valence-electron chi connectivity index (χ4n) is 2.53. The van der Waals surface area contributed by atoms with E-state index < -0.39 is 0 Å². The SMILES string of the molecule is Cc1ccc(C(=O)CCC(=O)NCc2ccc(CN(C)C)cc2)cc1. The van der Waals surface area contributed by atoms with E-state index in [1.54, 1.807) is 0 Å². The molecule has 25 heavy (non-hydrogen) atoms. The molecule has 1 N–H and O–H groups in total. The largest absolute Gasteiger partial charge is 0.352 e. The number of ketones is 1. The molecule has 0 aliphatic rings. The summed E-state index contributed by atoms with van der Waals surface area (Å²) in [6, 6.07) is 15.6. The molecule has 132 valence electrons. The van der Waals surface area contributed by atoms with Crippen molar-refractivity contribution in [2.24, 2.45) is 0 Å². The smallest absolute Gasteiger partial charge is 0.220 e. The van der Waals surface area contributed by atoms with Crippen LogP contribution in [0.25, 0.3) is 0 Å². The average molecular weight is 338 g/mol. The molecule has 0 fully saturated rings. The number of amides is 1. The first-order chi connectivity index (χ1) is 11.9. The Kier molecular flexibility index (Phi) is 6.90. The van der Waals surface area contributed by atoms with Gasteiger partial charge in [0.15, 0.2) is 5.78 Å². The lowest BCUT2D eigenvalue weighted by Crippen LogP contribution is -2.23. The molecular formula is C21H26N2O2. The topological polar surface area (TPSA) is 49.4 Å². The monoisotopic (exact) mass is 338 g/mol. The highest BCUT2D eigenvalue weighted by atomic mass is 16.2. The number of carbonyl (C=O) groups is 2. The third-order valence-corrected chi connectivity index (χ3v) is 3.96. The van der Waals surface area contributed by atoms with Crippen LogP contribution in [0.3, 0.4) is 0 Å². The lowest BCUT2D eigenvalue weighted by atomic mass is 10.0. The predicted octanol–water partition coefficient (Wildman–Crippen LogP) is 3.34. The van der Waals surface area contributed by atoms with Crippen LogP contribution in [0.5, 0.6) is 0 Å². The van der Waals surface area contributed by atoms with Gasteiger partial charge in [0, 0.05) is 31.5 Å². The summed E-state index contributed by atoms with van der Waals surface area (Å²) in [5.74, 6) is -0.0963. The third kappa shape index (κ3) is 6.51. The van der Waals surface area contributed by atoms with Crippen LogP contribution in [0.2, 0.25) is 0 Å². The van der Waals surface area contributed by atoms with Crippen LogP contribution in [-0.4, -0.2) is 30.7 Å². The highest BCUT2D eigenvalue weighted by Crippen LogP contribution is 2.09. The van der Waals surface area contributed by atoms with Crippen molar-refractivity contribution in [3.8, 4) is 0 Å². The Labute approximate surface area is 149 Å². The van der Waals surface area contributed by atoms with Gasteiger partial charge in [0.05, 0.1) is 0 Å². The predicted molar refractivity (Wildman–Crippen MR) is 100 cm³/mol. The molecule has 2 rings (SSSR count). The first kappa shape index (κ1) is 18.9. The highest BCUT2D eigenvalue weighted by molar-refractivity contribution is 5.97. The Balaban J connectivity index is 1.75. The van der Waals surface area contributed by atoms with Crippen molar-refractivity contribution in [2.45, 2.75) is 32.9 Å². The summed E-state index contributed by atoms with van der Waals surface area (Å²) >= 11 is 0. The van der Waals surface area contributed by atoms with E-state index in [1.807, 2.05) is 57.4 Å². The van der Waals surface area contributed by atoms with Gasteiger partial charge in [-0.3, -0.25) is 9.59 Å². The lowest BCUT2D eigenvalue weighted by molar-refractivity contribution is -0.121. The van der Waals surface area contributed by atoms with Gasteiger partial charge in [-0.05, 0) is 32.1 Å². The van der Waals surface area contributed by atoms with Crippen LogP contribution in [0.4, 0.5) is 0 Å². The van der Waals surface area contributed by atoms with Crippen molar-refractivity contribution in [2.75, 3.05) is 14.1 Å². The minimum Gasteiger partial charge on any atom is -0.352 e. The zero-order valence-corrected chi connectivity index (χ0v) is 15.2. The summed E-state index contributed by atoms with van der Waals surface area (Å²) in [5, 5.41) is 2.87. The van der Waals surface area contributed by atoms with Crippen molar-refractivity contribution in [1.29, 1.82) is 0 Å². The number of hydrogen-bond acceptors (Lipinski definition) is 3. The number of nitrogens with one attached hydrogen (secondary N) is 1. The van der Waals surface area contributed by atoms with Crippen molar-refractivity contribution >= 4 is 11.7 Å². The Hall–Kier alpha value is -2.46. The Morgan fingerprint density at radius 1 is 0.880 bits per heavy atom. The molecule has 0 aromatic heterocycles. The van der Waals surface area contributed by atoms with Gasteiger partial charge in [-0.1, -0.05) is 54.1 Å². The summed E-state index contributed by atoms with van der Waals surface area (Å²) in [4.78, 5) is 26.1. The van der Waals surface area contributed by atoms with E-state index in [4.69, 9.17) is 0 Å². The zero-order chi connectivity index (χ0) is 18.2. The number of benzene rings is 2. The highest BCUT2D eigenvalue weighted by Gasteiger charge is 2.09. The fraction of sp³-hybridized carbons (Fsp3) is 0.333. The van der Waals surface area contributed by atoms with Crippen LogP contribution in [0.1, 0.15) is 39.9 Å². The molecule has 0 spiro atoms. The molecule has 0 bridgehead atoms. The van der Waals surface area contributed by atoms with E-state index in [0.717, 1.165) is 17.7 Å². The van der Waals surface area contributed by atoms with Crippen molar-refractivity contribution in [3.05, 3.63) is 70.8 Å². The average Bonchev–Trinajstić information content (AvgIpc) is 2.59. The fourth-order valence-corrected chi connectivity index (χ4v) is 2.53. The normalized spacial score (nSPS) is 10.7. The molecule has 1 amide bonds. The van der Waals surface area contributed by atoms with Crippen LogP contribution in [-0.2, 0) is 17.9 Å². The molecule has 0 aliphatic heterocycles. The van der Waals surface area contributed by atoms with Gasteiger partial charge in [-0.15, -0.1) is 0 Å². The van der Waals surface area contributed by atoms with E-state index in [1.165, 1.54) is 5.56 Å². The van der Waals surface area contributed by atoms with Gasteiger partial charge >= 0.3 is 0 Å². The van der Waals surface area contributed by atoms with E-state index in [2.05, 4.69) is 22.3 Å². The second-order valence-electron chi connectivity index (χ2n) is 6.62. The summed E-state index contributed by atoms with van der Waals surface area (Å²) < 4.78 is 0. The molecule has 2 aromatic carbocycles. The van der Waals surface area contributed by atoms with Gasteiger partial charge in [-0.25, -0.2) is 0 Å². The molecule has 0 aliphatic carbocycles. The second kappa shape index (κ2) is 9.14. The van der Waals surface area contributed by atoms with Crippen molar-refractivity contribution in [1.82, 2.24) is 10.2 Å². The van der Waals surface area contributed by atoms with Crippen molar-refractivity contribution < 1.29 is 9.59 Å². The number of carbonyl (C=O) groups excluding carboxylic acids is 2. The number of rotatable bonds is 8. The summed E-state index contributed by atoms with van der Waals surface area (Å²) in [6.45, 7) is 3.36. The number of aryl methyl sites for hydroxylation is 1.